The molecule has 1 fully saturated rings. The molecule has 3 rings (SSSR count). The molecule has 1 aromatic carbocycles. The van der Waals surface area contributed by atoms with Crippen molar-refractivity contribution in [2.75, 3.05) is 31.1 Å². The van der Waals surface area contributed by atoms with Gasteiger partial charge in [-0.3, -0.25) is 0 Å². The van der Waals surface area contributed by atoms with Crippen LogP contribution in [0.25, 0.3) is 0 Å². The van der Waals surface area contributed by atoms with E-state index in [0.717, 1.165) is 5.69 Å². The van der Waals surface area contributed by atoms with Crippen molar-refractivity contribution >= 4 is 38.9 Å². The van der Waals surface area contributed by atoms with Crippen molar-refractivity contribution in [1.29, 1.82) is 0 Å². The van der Waals surface area contributed by atoms with E-state index in [1.807, 2.05) is 25.1 Å². The monoisotopic (exact) mass is 385 g/mol. The number of halogens is 2. The summed E-state index contributed by atoms with van der Waals surface area (Å²) in [4.78, 5) is 6.09. The maximum Gasteiger partial charge on any atom is 0.244 e. The van der Waals surface area contributed by atoms with Crippen LogP contribution < -0.4 is 4.90 Å². The minimum absolute atomic E-state index is 0.0703. The quantitative estimate of drug-likeness (QED) is 0.761. The predicted molar refractivity (Wildman–Crippen MR) is 96.4 cm³/mol. The number of hydrogen-bond donors (Lipinski definition) is 0. The van der Waals surface area contributed by atoms with Gasteiger partial charge < -0.3 is 4.90 Å². The fourth-order valence-electron chi connectivity index (χ4n) is 2.71. The summed E-state index contributed by atoms with van der Waals surface area (Å²) in [6.07, 6.45) is 1.25. The van der Waals surface area contributed by atoms with E-state index < -0.39 is 10.0 Å². The Hall–Kier alpha value is -1.34. The highest BCUT2D eigenvalue weighted by Crippen LogP contribution is 2.25. The average Bonchev–Trinajstić information content (AvgIpc) is 2.57. The molecule has 0 saturated carbocycles. The largest absolute Gasteiger partial charge is 0.369 e. The first-order valence-electron chi connectivity index (χ1n) is 7.51. The zero-order valence-electron chi connectivity index (χ0n) is 13.1. The van der Waals surface area contributed by atoms with Crippen molar-refractivity contribution in [3.8, 4) is 0 Å². The summed E-state index contributed by atoms with van der Waals surface area (Å²) in [5.74, 6) is 0. The van der Waals surface area contributed by atoms with Gasteiger partial charge in [-0.25, -0.2) is 13.4 Å². The molecule has 0 spiro atoms. The van der Waals surface area contributed by atoms with Gasteiger partial charge in [-0.1, -0.05) is 35.3 Å². The summed E-state index contributed by atoms with van der Waals surface area (Å²) in [5.41, 5.74) is 2.30. The molecule has 1 aromatic heterocycles. The van der Waals surface area contributed by atoms with Crippen molar-refractivity contribution in [3.63, 3.8) is 0 Å². The van der Waals surface area contributed by atoms with Gasteiger partial charge in [-0.15, -0.1) is 0 Å². The highest BCUT2D eigenvalue weighted by atomic mass is 35.5. The van der Waals surface area contributed by atoms with Crippen LogP contribution in [-0.2, 0) is 10.0 Å². The van der Waals surface area contributed by atoms with Gasteiger partial charge in [0.2, 0.25) is 10.0 Å². The minimum atomic E-state index is -3.61. The number of sulfonamides is 1. The molecule has 0 aliphatic carbocycles. The van der Waals surface area contributed by atoms with Crippen LogP contribution in [0.15, 0.2) is 41.4 Å². The summed E-state index contributed by atoms with van der Waals surface area (Å²) in [6, 6.07) is 9.54. The number of rotatable bonds is 3. The summed E-state index contributed by atoms with van der Waals surface area (Å²) in [5, 5.41) is 0.232. The summed E-state index contributed by atoms with van der Waals surface area (Å²) in [7, 11) is -3.61. The number of piperazine rings is 1. The van der Waals surface area contributed by atoms with E-state index in [9.17, 15) is 8.42 Å². The highest BCUT2D eigenvalue weighted by molar-refractivity contribution is 7.89. The molecule has 0 unspecified atom stereocenters. The second kappa shape index (κ2) is 6.88. The lowest BCUT2D eigenvalue weighted by molar-refractivity contribution is 0.385. The Balaban J connectivity index is 1.74. The molecule has 8 heteroatoms. The molecule has 1 aliphatic heterocycles. The number of aryl methyl sites for hydroxylation is 1. The predicted octanol–water partition coefficient (Wildman–Crippen LogP) is 3.21. The van der Waals surface area contributed by atoms with Crippen LogP contribution in [0, 0.1) is 6.92 Å². The third-order valence-corrected chi connectivity index (χ3v) is 6.56. The highest BCUT2D eigenvalue weighted by Gasteiger charge is 2.29. The molecule has 1 aliphatic rings. The zero-order chi connectivity index (χ0) is 17.3. The van der Waals surface area contributed by atoms with Gasteiger partial charge in [0.25, 0.3) is 0 Å². The molecule has 2 aromatic rings. The number of hydrogen-bond acceptors (Lipinski definition) is 4. The van der Waals surface area contributed by atoms with Gasteiger partial charge in [-0.2, -0.15) is 4.31 Å². The van der Waals surface area contributed by atoms with Crippen molar-refractivity contribution in [1.82, 2.24) is 9.29 Å². The van der Waals surface area contributed by atoms with Crippen LogP contribution in [0.3, 0.4) is 0 Å². The standard InChI is InChI=1S/C16H17Cl2N3O2S/c1-12-3-2-4-13(9-12)20-5-7-21(8-6-20)24(22,23)14-10-15(17)16(18)19-11-14/h2-4,9-11H,5-8H2,1H3. The molecule has 0 bridgehead atoms. The van der Waals surface area contributed by atoms with Gasteiger partial charge in [0.1, 0.15) is 10.0 Å². The first kappa shape index (κ1) is 17.5. The number of anilines is 1. The van der Waals surface area contributed by atoms with E-state index in [0.29, 0.717) is 26.2 Å². The first-order chi connectivity index (χ1) is 11.4. The van der Waals surface area contributed by atoms with Gasteiger partial charge in [0, 0.05) is 38.1 Å². The van der Waals surface area contributed by atoms with Crippen LogP contribution in [0.1, 0.15) is 5.56 Å². The van der Waals surface area contributed by atoms with E-state index in [4.69, 9.17) is 23.2 Å². The molecular formula is C16H17Cl2N3O2S. The number of pyridine rings is 1. The molecule has 0 amide bonds. The van der Waals surface area contributed by atoms with E-state index >= 15 is 0 Å². The number of nitrogens with zero attached hydrogens (tertiary/aromatic N) is 3. The second-order valence-corrected chi connectivity index (χ2v) is 8.38. The molecule has 0 atom stereocenters. The summed E-state index contributed by atoms with van der Waals surface area (Å²) in [6.45, 7) is 4.14. The summed E-state index contributed by atoms with van der Waals surface area (Å²) < 4.78 is 26.9. The molecule has 1 saturated heterocycles. The van der Waals surface area contributed by atoms with Gasteiger partial charge in [-0.05, 0) is 30.7 Å². The Morgan fingerprint density at radius 2 is 1.79 bits per heavy atom. The normalized spacial score (nSPS) is 16.4. The van der Waals surface area contributed by atoms with Gasteiger partial charge in [0.15, 0.2) is 0 Å². The molecule has 2 heterocycles. The van der Waals surface area contributed by atoms with Gasteiger partial charge >= 0.3 is 0 Å². The Labute approximate surface area is 151 Å². The SMILES string of the molecule is Cc1cccc(N2CCN(S(=O)(=O)c3cnc(Cl)c(Cl)c3)CC2)c1. The number of aromatic nitrogens is 1. The molecular weight excluding hydrogens is 369 g/mol. The third kappa shape index (κ3) is 3.52. The van der Waals surface area contributed by atoms with Crippen molar-refractivity contribution < 1.29 is 8.42 Å². The fraction of sp³-hybridized carbons (Fsp3) is 0.312. The van der Waals surface area contributed by atoms with Gasteiger partial charge in [0.05, 0.1) is 5.02 Å². The Bertz CT molecular complexity index is 850. The van der Waals surface area contributed by atoms with Crippen molar-refractivity contribution in [2.24, 2.45) is 0 Å². The van der Waals surface area contributed by atoms with Crippen molar-refractivity contribution in [2.45, 2.75) is 11.8 Å². The summed E-state index contributed by atoms with van der Waals surface area (Å²) >= 11 is 11.6. The lowest BCUT2D eigenvalue weighted by Crippen LogP contribution is -2.48. The molecule has 24 heavy (non-hydrogen) atoms. The van der Waals surface area contributed by atoms with Crippen LogP contribution in [-0.4, -0.2) is 43.9 Å². The molecule has 128 valence electrons. The van der Waals surface area contributed by atoms with Crippen LogP contribution in [0.5, 0.6) is 0 Å². The van der Waals surface area contributed by atoms with Crippen LogP contribution in [0.2, 0.25) is 10.2 Å². The van der Waals surface area contributed by atoms with E-state index in [1.54, 1.807) is 0 Å². The second-order valence-electron chi connectivity index (χ2n) is 5.67. The van der Waals surface area contributed by atoms with Crippen LogP contribution >= 0.6 is 23.2 Å². The molecule has 0 radical (unpaired) electrons. The first-order valence-corrected chi connectivity index (χ1v) is 9.70. The molecule has 0 N–H and O–H groups in total. The third-order valence-electron chi connectivity index (χ3n) is 4.01. The minimum Gasteiger partial charge on any atom is -0.369 e. The lowest BCUT2D eigenvalue weighted by atomic mass is 10.2. The van der Waals surface area contributed by atoms with Crippen molar-refractivity contribution in [3.05, 3.63) is 52.3 Å². The average molecular weight is 386 g/mol. The zero-order valence-corrected chi connectivity index (χ0v) is 15.4. The Morgan fingerprint density at radius 1 is 1.08 bits per heavy atom. The Morgan fingerprint density at radius 3 is 2.42 bits per heavy atom. The number of benzene rings is 1. The topological polar surface area (TPSA) is 53.5 Å². The maximum atomic E-state index is 12.7. The molecule has 5 nitrogen and oxygen atoms in total. The fourth-order valence-corrected chi connectivity index (χ4v) is 4.43. The maximum absolute atomic E-state index is 12.7. The van der Waals surface area contributed by atoms with Crippen LogP contribution in [0.4, 0.5) is 5.69 Å². The van der Waals surface area contributed by atoms with E-state index in [2.05, 4.69) is 16.0 Å². The van der Waals surface area contributed by atoms with E-state index in [1.165, 1.54) is 22.1 Å². The van der Waals surface area contributed by atoms with E-state index in [-0.39, 0.29) is 15.1 Å². The smallest absolute Gasteiger partial charge is 0.244 e. The lowest BCUT2D eigenvalue weighted by Gasteiger charge is -2.35. The Kier molecular flexibility index (Phi) is 5.01.